The van der Waals surface area contributed by atoms with Gasteiger partial charge in [0.2, 0.25) is 0 Å². The summed E-state index contributed by atoms with van der Waals surface area (Å²) in [5.41, 5.74) is 3.10. The van der Waals surface area contributed by atoms with Crippen molar-refractivity contribution in [1.82, 2.24) is 0 Å². The first-order valence-electron chi connectivity index (χ1n) is 7.80. The van der Waals surface area contributed by atoms with E-state index in [0.29, 0.717) is 5.75 Å². The molecular formula is C19H22O3S. The Morgan fingerprint density at radius 2 is 1.65 bits per heavy atom. The van der Waals surface area contributed by atoms with E-state index in [4.69, 9.17) is 5.11 Å². The fraction of sp³-hybridized carbons (Fsp3) is 0.316. The smallest absolute Gasteiger partial charge is 0.307 e. The van der Waals surface area contributed by atoms with Crippen LogP contribution in [0.1, 0.15) is 29.5 Å². The number of carboxylic acid groups (broad SMARTS) is 1. The molecule has 0 bridgehead atoms. The minimum absolute atomic E-state index is 0.0652. The second kappa shape index (κ2) is 8.63. The van der Waals surface area contributed by atoms with E-state index < -0.39 is 16.8 Å². The Kier molecular flexibility index (Phi) is 6.53. The number of carboxylic acids is 1. The highest BCUT2D eigenvalue weighted by Gasteiger charge is 2.06. The van der Waals surface area contributed by atoms with Crippen LogP contribution in [0.5, 0.6) is 0 Å². The van der Waals surface area contributed by atoms with E-state index in [1.807, 2.05) is 55.5 Å². The van der Waals surface area contributed by atoms with Crippen LogP contribution in [0.15, 0.2) is 53.4 Å². The normalized spacial score (nSPS) is 12.0. The van der Waals surface area contributed by atoms with Crippen LogP contribution < -0.4 is 0 Å². The lowest BCUT2D eigenvalue weighted by Gasteiger charge is -2.06. The van der Waals surface area contributed by atoms with Crippen LogP contribution in [-0.2, 0) is 28.4 Å². The fourth-order valence-electron chi connectivity index (χ4n) is 2.48. The minimum Gasteiger partial charge on any atom is -0.481 e. The molecular weight excluding hydrogens is 308 g/mol. The molecule has 3 nitrogen and oxygen atoms in total. The van der Waals surface area contributed by atoms with Crippen LogP contribution >= 0.6 is 0 Å². The molecule has 0 radical (unpaired) electrons. The van der Waals surface area contributed by atoms with Crippen LogP contribution in [0.3, 0.4) is 0 Å². The van der Waals surface area contributed by atoms with Crippen LogP contribution in [0.4, 0.5) is 0 Å². The van der Waals surface area contributed by atoms with E-state index in [1.54, 1.807) is 0 Å². The molecule has 0 aliphatic carbocycles. The number of benzene rings is 2. The van der Waals surface area contributed by atoms with Crippen molar-refractivity contribution < 1.29 is 14.1 Å². The Morgan fingerprint density at radius 1 is 1.00 bits per heavy atom. The molecule has 0 aliphatic heterocycles. The molecule has 122 valence electrons. The van der Waals surface area contributed by atoms with Crippen LogP contribution in [0.25, 0.3) is 0 Å². The Balaban J connectivity index is 1.76. The second-order valence-electron chi connectivity index (χ2n) is 5.66. The summed E-state index contributed by atoms with van der Waals surface area (Å²) in [5, 5.41) is 8.75. The van der Waals surface area contributed by atoms with E-state index in [-0.39, 0.29) is 6.42 Å². The SMILES string of the molecule is Cc1ccccc1S(=O)CCCCc1ccc(CC(=O)O)cc1. The topological polar surface area (TPSA) is 54.4 Å². The predicted molar refractivity (Wildman–Crippen MR) is 93.2 cm³/mol. The quantitative estimate of drug-likeness (QED) is 0.750. The van der Waals surface area contributed by atoms with Crippen LogP contribution in [0.2, 0.25) is 0 Å². The molecule has 0 aromatic heterocycles. The van der Waals surface area contributed by atoms with Crippen molar-refractivity contribution in [3.8, 4) is 0 Å². The van der Waals surface area contributed by atoms with Gasteiger partial charge in [-0.1, -0.05) is 42.5 Å². The Morgan fingerprint density at radius 3 is 2.30 bits per heavy atom. The number of aliphatic carboxylic acids is 1. The van der Waals surface area contributed by atoms with Gasteiger partial charge in [-0.2, -0.15) is 0 Å². The Hall–Kier alpha value is -1.94. The lowest BCUT2D eigenvalue weighted by Crippen LogP contribution is -2.01. The van der Waals surface area contributed by atoms with Crippen molar-refractivity contribution in [1.29, 1.82) is 0 Å². The van der Waals surface area contributed by atoms with E-state index in [2.05, 4.69) is 0 Å². The van der Waals surface area contributed by atoms with Gasteiger partial charge in [-0.25, -0.2) is 0 Å². The van der Waals surface area contributed by atoms with Gasteiger partial charge in [0.25, 0.3) is 0 Å². The lowest BCUT2D eigenvalue weighted by atomic mass is 10.1. The van der Waals surface area contributed by atoms with E-state index in [9.17, 15) is 9.00 Å². The largest absolute Gasteiger partial charge is 0.481 e. The Labute approximate surface area is 139 Å². The predicted octanol–water partition coefficient (Wildman–Crippen LogP) is 3.75. The summed E-state index contributed by atoms with van der Waals surface area (Å²) in [6.07, 6.45) is 2.89. The van der Waals surface area contributed by atoms with Crippen molar-refractivity contribution in [2.75, 3.05) is 5.75 Å². The summed E-state index contributed by atoms with van der Waals surface area (Å²) in [4.78, 5) is 11.6. The fourth-order valence-corrected chi connectivity index (χ4v) is 3.83. The van der Waals surface area contributed by atoms with Crippen molar-refractivity contribution in [2.45, 2.75) is 37.5 Å². The first kappa shape index (κ1) is 17.4. The first-order chi connectivity index (χ1) is 11.1. The molecule has 1 atom stereocenters. The van der Waals surface area contributed by atoms with Gasteiger partial charge < -0.3 is 5.11 Å². The third-order valence-corrected chi connectivity index (χ3v) is 5.37. The number of aryl methyl sites for hydroxylation is 2. The van der Waals surface area contributed by atoms with Crippen LogP contribution in [-0.4, -0.2) is 21.0 Å². The number of carbonyl (C=O) groups is 1. The molecule has 0 aliphatic rings. The molecule has 1 unspecified atom stereocenters. The highest BCUT2D eigenvalue weighted by atomic mass is 32.2. The van der Waals surface area contributed by atoms with Crippen molar-refractivity contribution >= 4 is 16.8 Å². The van der Waals surface area contributed by atoms with E-state index >= 15 is 0 Å². The molecule has 0 fully saturated rings. The lowest BCUT2D eigenvalue weighted by molar-refractivity contribution is -0.136. The molecule has 2 aromatic rings. The zero-order chi connectivity index (χ0) is 16.7. The molecule has 0 spiro atoms. The van der Waals surface area contributed by atoms with Gasteiger partial charge in [-0.05, 0) is 48.9 Å². The van der Waals surface area contributed by atoms with Gasteiger partial charge in [-0.15, -0.1) is 0 Å². The molecule has 23 heavy (non-hydrogen) atoms. The summed E-state index contributed by atoms with van der Waals surface area (Å²) in [7, 11) is -0.928. The van der Waals surface area contributed by atoms with Gasteiger partial charge in [0.1, 0.15) is 0 Å². The third-order valence-electron chi connectivity index (χ3n) is 3.76. The highest BCUT2D eigenvalue weighted by Crippen LogP contribution is 2.14. The van der Waals surface area contributed by atoms with Crippen molar-refractivity contribution in [2.24, 2.45) is 0 Å². The van der Waals surface area contributed by atoms with Crippen molar-refractivity contribution in [3.05, 3.63) is 65.2 Å². The zero-order valence-electron chi connectivity index (χ0n) is 13.3. The molecule has 1 N–H and O–H groups in total. The summed E-state index contributed by atoms with van der Waals surface area (Å²) >= 11 is 0. The monoisotopic (exact) mass is 330 g/mol. The third kappa shape index (κ3) is 5.64. The molecule has 2 rings (SSSR count). The van der Waals surface area contributed by atoms with Gasteiger partial charge in [0.15, 0.2) is 0 Å². The van der Waals surface area contributed by atoms with E-state index in [0.717, 1.165) is 35.3 Å². The highest BCUT2D eigenvalue weighted by molar-refractivity contribution is 7.85. The van der Waals surface area contributed by atoms with Gasteiger partial charge >= 0.3 is 5.97 Å². The maximum Gasteiger partial charge on any atom is 0.307 e. The number of unbranched alkanes of at least 4 members (excludes halogenated alkanes) is 1. The summed E-state index contributed by atoms with van der Waals surface area (Å²) in [5.74, 6) is -0.126. The van der Waals surface area contributed by atoms with Crippen LogP contribution in [0, 0.1) is 6.92 Å². The number of hydrogen-bond donors (Lipinski definition) is 1. The van der Waals surface area contributed by atoms with Gasteiger partial charge in [0, 0.05) is 10.6 Å². The first-order valence-corrected chi connectivity index (χ1v) is 9.12. The number of rotatable bonds is 8. The average molecular weight is 330 g/mol. The van der Waals surface area contributed by atoms with Gasteiger partial charge in [0.05, 0.1) is 17.2 Å². The summed E-state index contributed by atoms with van der Waals surface area (Å²) in [6.45, 7) is 1.99. The molecule has 4 heteroatoms. The molecule has 0 heterocycles. The maximum absolute atomic E-state index is 12.3. The summed E-state index contributed by atoms with van der Waals surface area (Å²) < 4.78 is 12.3. The molecule has 0 saturated heterocycles. The number of hydrogen-bond acceptors (Lipinski definition) is 2. The standard InChI is InChI=1S/C19H22O3S/c1-15-6-2-3-8-18(15)23(22)13-5-4-7-16-9-11-17(12-10-16)14-19(20)21/h2-3,6,8-12H,4-5,7,13-14H2,1H3,(H,20,21). The van der Waals surface area contributed by atoms with Gasteiger partial charge in [-0.3, -0.25) is 9.00 Å². The maximum atomic E-state index is 12.3. The molecule has 0 saturated carbocycles. The minimum atomic E-state index is -0.928. The Bertz CT molecular complexity index is 677. The zero-order valence-corrected chi connectivity index (χ0v) is 14.1. The van der Waals surface area contributed by atoms with Crippen molar-refractivity contribution in [3.63, 3.8) is 0 Å². The average Bonchev–Trinajstić information content (AvgIpc) is 2.53. The molecule has 0 amide bonds. The second-order valence-corrected chi connectivity index (χ2v) is 7.20. The molecule has 2 aromatic carbocycles. The summed E-state index contributed by atoms with van der Waals surface area (Å²) in [6, 6.07) is 15.5. The van der Waals surface area contributed by atoms with E-state index in [1.165, 1.54) is 5.56 Å².